The van der Waals surface area contributed by atoms with Crippen LogP contribution in [0, 0.1) is 0 Å². The van der Waals surface area contributed by atoms with E-state index in [1.165, 1.54) is 4.90 Å². The number of aliphatic hydroxyl groups excluding tert-OH is 1. The molecular weight excluding hydrogens is 434 g/mol. The average molecular weight is 464 g/mol. The number of rotatable bonds is 7. The van der Waals surface area contributed by atoms with E-state index in [0.717, 1.165) is 0 Å². The number of likely N-dealkylation sites (N-methyl/N-ethyl adjacent to an activating group) is 2. The number of carbonyl (C=O) groups excluding carboxylic acids is 3. The van der Waals surface area contributed by atoms with E-state index in [0.29, 0.717) is 42.3 Å². The Morgan fingerprint density at radius 3 is 2.32 bits per heavy atom. The summed E-state index contributed by atoms with van der Waals surface area (Å²) < 4.78 is 5.47. The lowest BCUT2D eigenvalue weighted by atomic mass is 9.82. The quantitative estimate of drug-likeness (QED) is 0.386. The van der Waals surface area contributed by atoms with E-state index in [2.05, 4.69) is 0 Å². The first-order chi connectivity index (χ1) is 16.3. The monoisotopic (exact) mass is 463 g/mol. The maximum Gasteiger partial charge on any atom is 0.296 e. The second-order valence-corrected chi connectivity index (χ2v) is 8.55. The van der Waals surface area contributed by atoms with Gasteiger partial charge in [-0.3, -0.25) is 14.4 Å². The van der Waals surface area contributed by atoms with Crippen molar-refractivity contribution >= 4 is 29.0 Å². The van der Waals surface area contributed by atoms with E-state index in [9.17, 15) is 19.5 Å². The van der Waals surface area contributed by atoms with Gasteiger partial charge in [-0.05, 0) is 58.3 Å². The summed E-state index contributed by atoms with van der Waals surface area (Å²) in [6.07, 6.45) is 0. The second-order valence-electron chi connectivity index (χ2n) is 8.55. The molecule has 1 atom stereocenters. The molecule has 0 radical (unpaired) electrons. The Morgan fingerprint density at radius 1 is 1.03 bits per heavy atom. The van der Waals surface area contributed by atoms with Crippen LogP contribution >= 0.6 is 0 Å². The molecule has 8 heteroatoms. The van der Waals surface area contributed by atoms with Crippen LogP contribution in [-0.2, 0) is 19.9 Å². The summed E-state index contributed by atoms with van der Waals surface area (Å²) in [7, 11) is 3.71. The Hall–Kier alpha value is -3.65. The number of hydrogen-bond acceptors (Lipinski definition) is 6. The highest BCUT2D eigenvalue weighted by Crippen LogP contribution is 2.53. The van der Waals surface area contributed by atoms with Gasteiger partial charge in [0.25, 0.3) is 17.6 Å². The van der Waals surface area contributed by atoms with E-state index < -0.39 is 23.1 Å². The Kier molecular flexibility index (Phi) is 6.18. The fraction of sp³-hybridized carbons (Fsp3) is 0.346. The van der Waals surface area contributed by atoms with Crippen LogP contribution in [0.15, 0.2) is 54.1 Å². The molecule has 0 saturated carbocycles. The molecule has 178 valence electrons. The highest BCUT2D eigenvalue weighted by atomic mass is 16.5. The zero-order valence-electron chi connectivity index (χ0n) is 19.9. The highest BCUT2D eigenvalue weighted by molar-refractivity contribution is 6.50. The van der Waals surface area contributed by atoms with Crippen LogP contribution in [0.4, 0.5) is 5.69 Å². The number of aliphatic hydroxyl groups is 1. The number of nitrogens with zero attached hydrogens (tertiary/aromatic N) is 3. The Labute approximate surface area is 199 Å². The number of ketones is 1. The molecule has 34 heavy (non-hydrogen) atoms. The third kappa shape index (κ3) is 3.37. The molecule has 1 N–H and O–H groups in total. The van der Waals surface area contributed by atoms with Gasteiger partial charge in [0.1, 0.15) is 11.5 Å². The number of hydrogen-bond donors (Lipinski definition) is 1. The van der Waals surface area contributed by atoms with Crippen molar-refractivity contribution in [3.8, 4) is 5.75 Å². The first-order valence-corrected chi connectivity index (χ1v) is 11.4. The van der Waals surface area contributed by atoms with E-state index >= 15 is 0 Å². The van der Waals surface area contributed by atoms with Crippen molar-refractivity contribution < 1.29 is 24.2 Å². The summed E-state index contributed by atoms with van der Waals surface area (Å²) in [5, 5.41) is 11.4. The normalized spacial score (nSPS) is 21.1. The number of likely N-dealkylation sites (tertiary alicyclic amines) is 1. The number of benzene rings is 2. The zero-order valence-corrected chi connectivity index (χ0v) is 19.9. The minimum atomic E-state index is -1.72. The van der Waals surface area contributed by atoms with Crippen molar-refractivity contribution in [1.29, 1.82) is 0 Å². The minimum Gasteiger partial charge on any atom is -0.507 e. The summed E-state index contributed by atoms with van der Waals surface area (Å²) in [4.78, 5) is 45.6. The molecule has 0 unspecified atom stereocenters. The number of amides is 2. The minimum absolute atomic E-state index is 0.148. The number of anilines is 1. The maximum atomic E-state index is 14.1. The van der Waals surface area contributed by atoms with Gasteiger partial charge in [-0.1, -0.05) is 18.2 Å². The van der Waals surface area contributed by atoms with E-state index in [1.807, 2.05) is 38.9 Å². The van der Waals surface area contributed by atoms with Gasteiger partial charge in [-0.25, -0.2) is 0 Å². The largest absolute Gasteiger partial charge is 0.507 e. The van der Waals surface area contributed by atoms with Crippen LogP contribution in [0.5, 0.6) is 5.75 Å². The van der Waals surface area contributed by atoms with Crippen molar-refractivity contribution in [3.63, 3.8) is 0 Å². The first kappa shape index (κ1) is 23.5. The van der Waals surface area contributed by atoms with Gasteiger partial charge in [0.15, 0.2) is 5.54 Å². The van der Waals surface area contributed by atoms with Crippen LogP contribution in [-0.4, -0.2) is 72.8 Å². The van der Waals surface area contributed by atoms with Gasteiger partial charge in [-0.2, -0.15) is 0 Å². The number of Topliss-reactive ketones (excluding diaryl/α,β-unsaturated/α-hetero) is 1. The lowest BCUT2D eigenvalue weighted by Gasteiger charge is -2.35. The Balaban J connectivity index is 1.99. The average Bonchev–Trinajstić information content (AvgIpc) is 3.20. The molecule has 4 rings (SSSR count). The molecule has 2 heterocycles. The molecule has 1 saturated heterocycles. The predicted octanol–water partition coefficient (Wildman–Crippen LogP) is 2.59. The summed E-state index contributed by atoms with van der Waals surface area (Å²) in [6.45, 7) is 5.14. The predicted molar refractivity (Wildman–Crippen MR) is 129 cm³/mol. The second kappa shape index (κ2) is 8.95. The molecule has 1 spiro atoms. The molecule has 8 nitrogen and oxygen atoms in total. The van der Waals surface area contributed by atoms with Crippen molar-refractivity contribution in [2.45, 2.75) is 19.4 Å². The maximum absolute atomic E-state index is 14.1. The zero-order chi connectivity index (χ0) is 24.6. The van der Waals surface area contributed by atoms with Crippen LogP contribution in [0.25, 0.3) is 5.76 Å². The van der Waals surface area contributed by atoms with E-state index in [-0.39, 0.29) is 17.9 Å². The van der Waals surface area contributed by atoms with Crippen molar-refractivity contribution in [2.24, 2.45) is 0 Å². The summed E-state index contributed by atoms with van der Waals surface area (Å²) in [5.74, 6) is -1.85. The molecule has 1 fully saturated rings. The van der Waals surface area contributed by atoms with Gasteiger partial charge >= 0.3 is 0 Å². The highest BCUT2D eigenvalue weighted by Gasteiger charge is 2.66. The summed E-state index contributed by atoms with van der Waals surface area (Å²) in [6, 6.07) is 13.7. The van der Waals surface area contributed by atoms with Crippen LogP contribution in [0.2, 0.25) is 0 Å². The van der Waals surface area contributed by atoms with Crippen molar-refractivity contribution in [2.75, 3.05) is 45.2 Å². The van der Waals surface area contributed by atoms with Gasteiger partial charge in [-0.15, -0.1) is 0 Å². The summed E-state index contributed by atoms with van der Waals surface area (Å²) in [5.41, 5.74) is -0.446. The van der Waals surface area contributed by atoms with Crippen LogP contribution < -0.4 is 9.64 Å². The third-order valence-corrected chi connectivity index (χ3v) is 6.34. The lowest BCUT2D eigenvalue weighted by molar-refractivity contribution is -0.143. The van der Waals surface area contributed by atoms with E-state index in [4.69, 9.17) is 4.74 Å². The topological polar surface area (TPSA) is 90.4 Å². The fourth-order valence-electron chi connectivity index (χ4n) is 4.80. The lowest BCUT2D eigenvalue weighted by Crippen LogP contribution is -2.53. The van der Waals surface area contributed by atoms with E-state index in [1.54, 1.807) is 47.4 Å². The number of para-hydroxylation sites is 1. The summed E-state index contributed by atoms with van der Waals surface area (Å²) >= 11 is 0. The first-order valence-electron chi connectivity index (χ1n) is 11.4. The van der Waals surface area contributed by atoms with Crippen molar-refractivity contribution in [3.05, 3.63) is 65.2 Å². The SMILES string of the molecule is CCOc1ccc(C(O)=C2C(=O)C(=O)N(CCN(C)C)[C@]23C(=O)N(CC)c2ccccc23)cc1. The molecule has 2 amide bonds. The van der Waals surface area contributed by atoms with Crippen molar-refractivity contribution in [1.82, 2.24) is 9.80 Å². The Bertz CT molecular complexity index is 1170. The number of fused-ring (bicyclic) bond motifs is 2. The molecular formula is C26H29N3O5. The molecule has 0 bridgehead atoms. The molecule has 2 aromatic carbocycles. The molecule has 0 aliphatic carbocycles. The fourth-order valence-corrected chi connectivity index (χ4v) is 4.80. The Morgan fingerprint density at radius 2 is 1.71 bits per heavy atom. The molecule has 2 aliphatic heterocycles. The van der Waals surface area contributed by atoms with Gasteiger partial charge < -0.3 is 24.5 Å². The standard InChI is InChI=1S/C26H29N3O5/c1-5-28-20-10-8-7-9-19(20)26(25(28)33)21(23(31)24(32)29(26)16-15-27(3)4)22(30)17-11-13-18(14-12-17)34-6-2/h7-14,30H,5-6,15-16H2,1-4H3/t26-/m0/s1. The molecule has 0 aromatic heterocycles. The van der Waals surface area contributed by atoms with Gasteiger partial charge in [0, 0.05) is 30.8 Å². The van der Waals surface area contributed by atoms with Gasteiger partial charge in [0.2, 0.25) is 0 Å². The number of ether oxygens (including phenoxy) is 1. The van der Waals surface area contributed by atoms with Crippen LogP contribution in [0.3, 0.4) is 0 Å². The number of carbonyl (C=O) groups is 3. The molecule has 2 aliphatic rings. The smallest absolute Gasteiger partial charge is 0.296 e. The third-order valence-electron chi connectivity index (χ3n) is 6.34. The van der Waals surface area contributed by atoms with Gasteiger partial charge in [0.05, 0.1) is 17.9 Å². The van der Waals surface area contributed by atoms with Crippen LogP contribution in [0.1, 0.15) is 25.0 Å². The molecule has 2 aromatic rings.